The Kier molecular flexibility index (Phi) is 7.82. The monoisotopic (exact) mass is 337 g/mol. The molecule has 1 fully saturated rings. The molecule has 0 spiro atoms. The van der Waals surface area contributed by atoms with Crippen molar-refractivity contribution < 1.29 is 19.3 Å². The molecule has 136 valence electrons. The van der Waals surface area contributed by atoms with E-state index in [1.807, 2.05) is 18.2 Å². The molecule has 0 radical (unpaired) electrons. The van der Waals surface area contributed by atoms with Crippen LogP contribution in [-0.4, -0.2) is 44.6 Å². The van der Waals surface area contributed by atoms with Crippen LogP contribution in [-0.2, 0) is 11.3 Å². The van der Waals surface area contributed by atoms with Crippen LogP contribution in [0.2, 0.25) is 0 Å². The molecule has 2 N–H and O–H groups in total. The first-order valence-electron chi connectivity index (χ1n) is 8.84. The van der Waals surface area contributed by atoms with E-state index in [2.05, 4.69) is 12.2 Å². The molecule has 0 heterocycles. The van der Waals surface area contributed by atoms with Crippen LogP contribution in [0.5, 0.6) is 11.5 Å². The first-order chi connectivity index (χ1) is 11.6. The molecular formula is C19H31NO4. The fourth-order valence-corrected chi connectivity index (χ4v) is 3.25. The highest BCUT2D eigenvalue weighted by molar-refractivity contribution is 5.42. The Labute approximate surface area is 145 Å². The Morgan fingerprint density at radius 1 is 1.17 bits per heavy atom. The number of ether oxygens (including phenoxy) is 3. The van der Waals surface area contributed by atoms with E-state index < -0.39 is 6.10 Å². The quantitative estimate of drug-likeness (QED) is 0.725. The van der Waals surface area contributed by atoms with Gasteiger partial charge in [-0.05, 0) is 36.5 Å². The molecule has 5 nitrogen and oxygen atoms in total. The molecule has 2 rings (SSSR count). The summed E-state index contributed by atoms with van der Waals surface area (Å²) in [6.07, 6.45) is 4.62. The summed E-state index contributed by atoms with van der Waals surface area (Å²) >= 11 is 0. The molecule has 5 heteroatoms. The third-order valence-corrected chi connectivity index (χ3v) is 4.75. The number of benzene rings is 1. The molecular weight excluding hydrogens is 306 g/mol. The topological polar surface area (TPSA) is 60.0 Å². The lowest BCUT2D eigenvalue weighted by Crippen LogP contribution is -2.42. The van der Waals surface area contributed by atoms with Crippen molar-refractivity contribution in [1.29, 1.82) is 0 Å². The first kappa shape index (κ1) is 19.0. The van der Waals surface area contributed by atoms with E-state index >= 15 is 0 Å². The van der Waals surface area contributed by atoms with Crippen LogP contribution < -0.4 is 14.8 Å². The van der Waals surface area contributed by atoms with Gasteiger partial charge in [-0.25, -0.2) is 0 Å². The summed E-state index contributed by atoms with van der Waals surface area (Å²) in [6.45, 7) is 3.64. The Morgan fingerprint density at radius 3 is 2.62 bits per heavy atom. The highest BCUT2D eigenvalue weighted by Gasteiger charge is 2.21. The van der Waals surface area contributed by atoms with E-state index in [0.717, 1.165) is 5.56 Å². The average Bonchev–Trinajstić information content (AvgIpc) is 2.61. The number of methoxy groups -OCH3 is 2. The molecule has 1 aromatic rings. The van der Waals surface area contributed by atoms with Crippen LogP contribution in [0.15, 0.2) is 18.2 Å². The third kappa shape index (κ3) is 5.65. The molecule has 1 saturated carbocycles. The molecule has 24 heavy (non-hydrogen) atoms. The highest BCUT2D eigenvalue weighted by Crippen LogP contribution is 2.27. The van der Waals surface area contributed by atoms with Crippen molar-refractivity contribution in [1.82, 2.24) is 5.32 Å². The predicted molar refractivity (Wildman–Crippen MR) is 94.6 cm³/mol. The van der Waals surface area contributed by atoms with Crippen molar-refractivity contribution in [2.24, 2.45) is 5.92 Å². The molecule has 0 amide bonds. The summed E-state index contributed by atoms with van der Waals surface area (Å²) in [7, 11) is 3.23. The fraction of sp³-hybridized carbons (Fsp3) is 0.684. The van der Waals surface area contributed by atoms with E-state index in [1.165, 1.54) is 25.7 Å². The van der Waals surface area contributed by atoms with Gasteiger partial charge < -0.3 is 24.6 Å². The van der Waals surface area contributed by atoms with E-state index in [-0.39, 0.29) is 0 Å². The van der Waals surface area contributed by atoms with Crippen LogP contribution in [0.1, 0.15) is 38.2 Å². The number of rotatable bonds is 9. The summed E-state index contributed by atoms with van der Waals surface area (Å²) in [5.74, 6) is 2.08. The first-order valence-corrected chi connectivity index (χ1v) is 8.84. The Morgan fingerprint density at radius 2 is 1.92 bits per heavy atom. The van der Waals surface area contributed by atoms with Crippen molar-refractivity contribution in [3.05, 3.63) is 23.8 Å². The van der Waals surface area contributed by atoms with Gasteiger partial charge in [-0.3, -0.25) is 0 Å². The normalized spacial score (nSPS) is 22.2. The Hall–Kier alpha value is -1.30. The van der Waals surface area contributed by atoms with Crippen LogP contribution in [0.4, 0.5) is 0 Å². The summed E-state index contributed by atoms with van der Waals surface area (Å²) in [5.41, 5.74) is 0.994. The number of hydrogen-bond acceptors (Lipinski definition) is 5. The standard InChI is InChI=1S/C19H31NO4/c1-14-6-4-5-7-17(14)20-11-16(21)13-24-12-15-8-9-18(22-2)19(10-15)23-3/h8-10,14,16-17,20-21H,4-7,11-13H2,1-3H3/t14-,16-,17-/m0/s1. The number of aliphatic hydroxyl groups excluding tert-OH is 1. The molecule has 1 aromatic carbocycles. The zero-order chi connectivity index (χ0) is 17.4. The van der Waals surface area contributed by atoms with Gasteiger partial charge in [0.15, 0.2) is 11.5 Å². The third-order valence-electron chi connectivity index (χ3n) is 4.75. The Bertz CT molecular complexity index is 494. The molecule has 0 unspecified atom stereocenters. The Balaban J connectivity index is 1.69. The van der Waals surface area contributed by atoms with Crippen molar-refractivity contribution in [3.63, 3.8) is 0 Å². The van der Waals surface area contributed by atoms with E-state index in [9.17, 15) is 5.11 Å². The zero-order valence-corrected chi connectivity index (χ0v) is 15.1. The molecule has 0 bridgehead atoms. The summed E-state index contributed by atoms with van der Waals surface area (Å²) in [4.78, 5) is 0. The fourth-order valence-electron chi connectivity index (χ4n) is 3.25. The minimum absolute atomic E-state index is 0.322. The van der Waals surface area contributed by atoms with Gasteiger partial charge in [-0.15, -0.1) is 0 Å². The van der Waals surface area contributed by atoms with Gasteiger partial charge in [0.2, 0.25) is 0 Å². The van der Waals surface area contributed by atoms with Gasteiger partial charge in [0.25, 0.3) is 0 Å². The smallest absolute Gasteiger partial charge is 0.161 e. The largest absolute Gasteiger partial charge is 0.493 e. The van der Waals surface area contributed by atoms with E-state index in [4.69, 9.17) is 14.2 Å². The van der Waals surface area contributed by atoms with Crippen LogP contribution >= 0.6 is 0 Å². The van der Waals surface area contributed by atoms with Gasteiger partial charge in [0.1, 0.15) is 0 Å². The van der Waals surface area contributed by atoms with E-state index in [0.29, 0.717) is 43.2 Å². The molecule has 1 aliphatic carbocycles. The summed E-state index contributed by atoms with van der Waals surface area (Å²) < 4.78 is 16.1. The number of aliphatic hydroxyl groups is 1. The van der Waals surface area contributed by atoms with E-state index in [1.54, 1.807) is 14.2 Å². The second kappa shape index (κ2) is 9.87. The molecule has 0 saturated heterocycles. The molecule has 0 aliphatic heterocycles. The average molecular weight is 337 g/mol. The number of nitrogens with one attached hydrogen (secondary N) is 1. The van der Waals surface area contributed by atoms with Gasteiger partial charge in [-0.1, -0.05) is 25.8 Å². The minimum atomic E-state index is -0.487. The second-order valence-electron chi connectivity index (χ2n) is 6.63. The summed E-state index contributed by atoms with van der Waals surface area (Å²) in [6, 6.07) is 6.22. The van der Waals surface area contributed by atoms with Crippen LogP contribution in [0.25, 0.3) is 0 Å². The lowest BCUT2D eigenvalue weighted by atomic mass is 9.86. The van der Waals surface area contributed by atoms with Crippen molar-refractivity contribution >= 4 is 0 Å². The van der Waals surface area contributed by atoms with Crippen LogP contribution in [0, 0.1) is 5.92 Å². The highest BCUT2D eigenvalue weighted by atomic mass is 16.5. The SMILES string of the molecule is COc1ccc(COC[C@@H](O)CN[C@H]2CCCC[C@@H]2C)cc1OC. The maximum absolute atomic E-state index is 10.1. The van der Waals surface area contributed by atoms with Crippen molar-refractivity contribution in [2.45, 2.75) is 51.4 Å². The minimum Gasteiger partial charge on any atom is -0.493 e. The van der Waals surface area contributed by atoms with Crippen LogP contribution in [0.3, 0.4) is 0 Å². The molecule has 3 atom stereocenters. The number of hydrogen-bond donors (Lipinski definition) is 2. The molecule has 0 aromatic heterocycles. The molecule has 1 aliphatic rings. The maximum Gasteiger partial charge on any atom is 0.161 e. The lowest BCUT2D eigenvalue weighted by molar-refractivity contribution is 0.0259. The van der Waals surface area contributed by atoms with Crippen molar-refractivity contribution in [3.8, 4) is 11.5 Å². The summed E-state index contributed by atoms with van der Waals surface area (Å²) in [5, 5.41) is 13.6. The van der Waals surface area contributed by atoms with Gasteiger partial charge in [-0.2, -0.15) is 0 Å². The van der Waals surface area contributed by atoms with Gasteiger partial charge >= 0.3 is 0 Å². The maximum atomic E-state index is 10.1. The predicted octanol–water partition coefficient (Wildman–Crippen LogP) is 2.75. The second-order valence-corrected chi connectivity index (χ2v) is 6.63. The lowest BCUT2D eigenvalue weighted by Gasteiger charge is -2.30. The van der Waals surface area contributed by atoms with Gasteiger partial charge in [0.05, 0.1) is 33.5 Å². The zero-order valence-electron chi connectivity index (χ0n) is 15.1. The van der Waals surface area contributed by atoms with Crippen molar-refractivity contribution in [2.75, 3.05) is 27.4 Å². The van der Waals surface area contributed by atoms with Gasteiger partial charge in [0, 0.05) is 12.6 Å².